The summed E-state index contributed by atoms with van der Waals surface area (Å²) in [5.74, 6) is 0.706. The largest absolute Gasteiger partial charge is 0.348 e. The molecule has 1 aromatic carbocycles. The fraction of sp³-hybridized carbons (Fsp3) is 0.588. The lowest BCUT2D eigenvalue weighted by molar-refractivity contribution is 0.0737. The molecule has 114 valence electrons. The molecule has 2 aliphatic rings. The highest BCUT2D eigenvalue weighted by Crippen LogP contribution is 2.62. The smallest absolute Gasteiger partial charge is 0.251 e. The van der Waals surface area contributed by atoms with Crippen LogP contribution < -0.4 is 5.32 Å². The third-order valence-electron chi connectivity index (χ3n) is 5.73. The normalized spacial score (nSPS) is 33.2. The molecule has 2 bridgehead atoms. The van der Waals surface area contributed by atoms with E-state index in [0.29, 0.717) is 10.6 Å². The molecule has 3 unspecified atom stereocenters. The van der Waals surface area contributed by atoms with Gasteiger partial charge in [-0.1, -0.05) is 32.4 Å². The van der Waals surface area contributed by atoms with Crippen LogP contribution >= 0.6 is 27.5 Å². The van der Waals surface area contributed by atoms with Crippen molar-refractivity contribution in [3.8, 4) is 0 Å². The fourth-order valence-corrected chi connectivity index (χ4v) is 4.94. The molecule has 1 aromatic rings. The lowest BCUT2D eigenvalue weighted by Crippen LogP contribution is -2.52. The van der Waals surface area contributed by atoms with Crippen LogP contribution in [0.2, 0.25) is 5.02 Å². The van der Waals surface area contributed by atoms with Crippen molar-refractivity contribution in [2.45, 2.75) is 46.1 Å². The molecular weight excluding hydrogens is 350 g/mol. The SMILES string of the molecule is CC12CCC(C1)C(C)(C)C2NC(=O)c1ccc(Br)c(Cl)c1. The van der Waals surface area contributed by atoms with Gasteiger partial charge in [-0.2, -0.15) is 0 Å². The lowest BCUT2D eigenvalue weighted by Gasteiger charge is -2.43. The number of carbonyl (C=O) groups excluding carboxylic acids is 1. The number of hydrogen-bond acceptors (Lipinski definition) is 1. The summed E-state index contributed by atoms with van der Waals surface area (Å²) < 4.78 is 0.813. The molecule has 1 N–H and O–H groups in total. The van der Waals surface area contributed by atoms with Gasteiger partial charge in [-0.15, -0.1) is 0 Å². The summed E-state index contributed by atoms with van der Waals surface area (Å²) >= 11 is 9.45. The maximum absolute atomic E-state index is 12.6. The summed E-state index contributed by atoms with van der Waals surface area (Å²) in [6.07, 6.45) is 3.74. The van der Waals surface area contributed by atoms with E-state index in [-0.39, 0.29) is 22.8 Å². The molecule has 2 fully saturated rings. The number of rotatable bonds is 2. The van der Waals surface area contributed by atoms with Gasteiger partial charge in [-0.05, 0) is 70.1 Å². The summed E-state index contributed by atoms with van der Waals surface area (Å²) in [4.78, 5) is 12.6. The molecule has 0 radical (unpaired) electrons. The third-order valence-corrected chi connectivity index (χ3v) is 6.96. The van der Waals surface area contributed by atoms with E-state index in [9.17, 15) is 4.79 Å². The summed E-state index contributed by atoms with van der Waals surface area (Å²) in [5, 5.41) is 3.86. The van der Waals surface area contributed by atoms with Crippen molar-refractivity contribution in [3.05, 3.63) is 33.3 Å². The van der Waals surface area contributed by atoms with Crippen molar-refractivity contribution >= 4 is 33.4 Å². The molecule has 2 saturated carbocycles. The standard InChI is InChI=1S/C17H21BrClNO/c1-16(2)11-6-7-17(3,9-11)15(16)20-14(21)10-4-5-12(18)13(19)8-10/h4-5,8,11,15H,6-7,9H2,1-3H3,(H,20,21). The van der Waals surface area contributed by atoms with Crippen LogP contribution in [0, 0.1) is 16.7 Å². The van der Waals surface area contributed by atoms with Gasteiger partial charge in [-0.3, -0.25) is 4.79 Å². The van der Waals surface area contributed by atoms with Crippen molar-refractivity contribution in [2.75, 3.05) is 0 Å². The molecular formula is C17H21BrClNO. The van der Waals surface area contributed by atoms with E-state index in [0.717, 1.165) is 10.4 Å². The third kappa shape index (κ3) is 2.43. The Hall–Kier alpha value is -0.540. The fourth-order valence-electron chi connectivity index (χ4n) is 4.51. The first-order valence-corrected chi connectivity index (χ1v) is 8.67. The molecule has 4 heteroatoms. The summed E-state index contributed by atoms with van der Waals surface area (Å²) in [6, 6.07) is 5.60. The van der Waals surface area contributed by atoms with Gasteiger partial charge in [0.1, 0.15) is 0 Å². The van der Waals surface area contributed by atoms with Gasteiger partial charge in [0.05, 0.1) is 5.02 Å². The lowest BCUT2D eigenvalue weighted by atomic mass is 9.68. The van der Waals surface area contributed by atoms with Gasteiger partial charge < -0.3 is 5.32 Å². The number of fused-ring (bicyclic) bond motifs is 2. The van der Waals surface area contributed by atoms with E-state index in [1.165, 1.54) is 19.3 Å². The molecule has 3 atom stereocenters. The van der Waals surface area contributed by atoms with Gasteiger partial charge in [0.2, 0.25) is 0 Å². The van der Waals surface area contributed by atoms with Crippen LogP contribution in [-0.4, -0.2) is 11.9 Å². The Kier molecular flexibility index (Phi) is 3.65. The number of carbonyl (C=O) groups is 1. The first-order valence-electron chi connectivity index (χ1n) is 7.50. The maximum Gasteiger partial charge on any atom is 0.251 e. The Labute approximate surface area is 139 Å². The molecule has 2 aliphatic carbocycles. The average Bonchev–Trinajstić information content (AvgIpc) is 2.89. The second kappa shape index (κ2) is 4.99. The first-order chi connectivity index (χ1) is 9.74. The van der Waals surface area contributed by atoms with E-state index in [1.807, 2.05) is 12.1 Å². The Morgan fingerprint density at radius 3 is 2.67 bits per heavy atom. The van der Waals surface area contributed by atoms with Crippen LogP contribution in [0.25, 0.3) is 0 Å². The van der Waals surface area contributed by atoms with Crippen LogP contribution in [0.4, 0.5) is 0 Å². The van der Waals surface area contributed by atoms with Crippen molar-refractivity contribution in [3.63, 3.8) is 0 Å². The zero-order chi connectivity index (χ0) is 15.4. The second-order valence-corrected chi connectivity index (χ2v) is 8.71. The number of hydrogen-bond donors (Lipinski definition) is 1. The quantitative estimate of drug-likeness (QED) is 0.775. The van der Waals surface area contributed by atoms with E-state index in [4.69, 9.17) is 11.6 Å². The molecule has 0 spiro atoms. The zero-order valence-corrected chi connectivity index (χ0v) is 15.0. The van der Waals surface area contributed by atoms with E-state index in [2.05, 4.69) is 42.0 Å². The molecule has 1 amide bonds. The minimum Gasteiger partial charge on any atom is -0.348 e. The number of halogens is 2. The highest BCUT2D eigenvalue weighted by atomic mass is 79.9. The van der Waals surface area contributed by atoms with Crippen LogP contribution in [0.1, 0.15) is 50.4 Å². The molecule has 2 nitrogen and oxygen atoms in total. The Balaban J connectivity index is 1.83. The van der Waals surface area contributed by atoms with Crippen molar-refractivity contribution < 1.29 is 4.79 Å². The zero-order valence-electron chi connectivity index (χ0n) is 12.7. The number of amides is 1. The molecule has 0 aromatic heterocycles. The van der Waals surface area contributed by atoms with Crippen LogP contribution in [0.15, 0.2) is 22.7 Å². The predicted molar refractivity (Wildman–Crippen MR) is 89.6 cm³/mol. The van der Waals surface area contributed by atoms with Gasteiger partial charge in [-0.25, -0.2) is 0 Å². The van der Waals surface area contributed by atoms with Gasteiger partial charge >= 0.3 is 0 Å². The highest BCUT2D eigenvalue weighted by molar-refractivity contribution is 9.10. The first kappa shape index (κ1) is 15.4. The predicted octanol–water partition coefficient (Wildman–Crippen LogP) is 5.05. The van der Waals surface area contributed by atoms with E-state index >= 15 is 0 Å². The van der Waals surface area contributed by atoms with Crippen LogP contribution in [0.5, 0.6) is 0 Å². The Bertz CT molecular complexity index is 596. The average molecular weight is 371 g/mol. The number of nitrogens with one attached hydrogen (secondary N) is 1. The topological polar surface area (TPSA) is 29.1 Å². The minimum atomic E-state index is -0.0174. The van der Waals surface area contributed by atoms with Crippen molar-refractivity contribution in [2.24, 2.45) is 16.7 Å². The molecule has 0 saturated heterocycles. The van der Waals surface area contributed by atoms with Crippen LogP contribution in [0.3, 0.4) is 0 Å². The summed E-state index contributed by atoms with van der Waals surface area (Å²) in [5.41, 5.74) is 1.04. The molecule has 3 rings (SSSR count). The van der Waals surface area contributed by atoms with Crippen molar-refractivity contribution in [1.82, 2.24) is 5.32 Å². The van der Waals surface area contributed by atoms with Crippen molar-refractivity contribution in [1.29, 1.82) is 0 Å². The monoisotopic (exact) mass is 369 g/mol. The Morgan fingerprint density at radius 2 is 2.10 bits per heavy atom. The molecule has 21 heavy (non-hydrogen) atoms. The van der Waals surface area contributed by atoms with E-state index < -0.39 is 0 Å². The Morgan fingerprint density at radius 1 is 1.38 bits per heavy atom. The van der Waals surface area contributed by atoms with Gasteiger partial charge in [0, 0.05) is 16.1 Å². The maximum atomic E-state index is 12.6. The summed E-state index contributed by atoms with van der Waals surface area (Å²) in [7, 11) is 0. The number of benzene rings is 1. The minimum absolute atomic E-state index is 0.0174. The molecule has 0 aliphatic heterocycles. The second-order valence-electron chi connectivity index (χ2n) is 7.45. The van der Waals surface area contributed by atoms with E-state index in [1.54, 1.807) is 6.07 Å². The van der Waals surface area contributed by atoms with Crippen LogP contribution in [-0.2, 0) is 0 Å². The molecule has 0 heterocycles. The van der Waals surface area contributed by atoms with Gasteiger partial charge in [0.15, 0.2) is 0 Å². The summed E-state index contributed by atoms with van der Waals surface area (Å²) in [6.45, 7) is 6.91. The highest BCUT2D eigenvalue weighted by Gasteiger charge is 2.59. The van der Waals surface area contributed by atoms with Gasteiger partial charge in [0.25, 0.3) is 5.91 Å².